The van der Waals surface area contributed by atoms with Gasteiger partial charge in [-0.25, -0.2) is 0 Å². The molecule has 3 unspecified atom stereocenters. The van der Waals surface area contributed by atoms with Crippen LogP contribution in [0.15, 0.2) is 24.3 Å². The summed E-state index contributed by atoms with van der Waals surface area (Å²) in [5.41, 5.74) is 1.11. The van der Waals surface area contributed by atoms with Crippen LogP contribution in [-0.4, -0.2) is 24.3 Å². The highest BCUT2D eigenvalue weighted by molar-refractivity contribution is 5.94. The second-order valence-electron chi connectivity index (χ2n) is 8.10. The van der Waals surface area contributed by atoms with Gasteiger partial charge in [0.05, 0.1) is 0 Å². The highest BCUT2D eigenvalue weighted by Crippen LogP contribution is 2.65. The van der Waals surface area contributed by atoms with Gasteiger partial charge in [-0.15, -0.1) is 0 Å². The zero-order valence-corrected chi connectivity index (χ0v) is 15.0. The minimum atomic E-state index is -0.0692. The number of hydrogen-bond acceptors (Lipinski definition) is 3. The second kappa shape index (κ2) is 5.91. The number of nitrogens with one attached hydrogen (secondary N) is 1. The van der Waals surface area contributed by atoms with Gasteiger partial charge in [-0.3, -0.25) is 9.59 Å². The Bertz CT molecular complexity index is 649. The van der Waals surface area contributed by atoms with E-state index >= 15 is 0 Å². The van der Waals surface area contributed by atoms with Crippen molar-refractivity contribution in [2.45, 2.75) is 53.0 Å². The molecule has 3 atom stereocenters. The number of Topliss-reactive ketones (excluding diaryl/α,β-unsaturated/α-hetero) is 1. The van der Waals surface area contributed by atoms with Crippen molar-refractivity contribution in [1.29, 1.82) is 0 Å². The molecule has 2 saturated carbocycles. The summed E-state index contributed by atoms with van der Waals surface area (Å²) in [6, 6.07) is 7.13. The van der Waals surface area contributed by atoms with Gasteiger partial charge in [0, 0.05) is 11.6 Å². The summed E-state index contributed by atoms with van der Waals surface area (Å²) in [5, 5.41) is 3.19. The number of carbonyl (C=O) groups excluding carboxylic acids is 2. The van der Waals surface area contributed by atoms with Crippen LogP contribution in [0, 0.1) is 16.7 Å². The lowest BCUT2D eigenvalue weighted by atomic mass is 9.69. The first-order valence-corrected chi connectivity index (χ1v) is 8.77. The first-order chi connectivity index (χ1) is 11.2. The van der Waals surface area contributed by atoms with Crippen molar-refractivity contribution in [2.75, 3.05) is 6.61 Å². The lowest BCUT2D eigenvalue weighted by molar-refractivity contribution is -0.124. The third kappa shape index (κ3) is 2.72. The van der Waals surface area contributed by atoms with Crippen LogP contribution in [-0.2, 0) is 4.79 Å². The molecule has 130 valence electrons. The van der Waals surface area contributed by atoms with Crippen LogP contribution in [0.25, 0.3) is 0 Å². The highest BCUT2D eigenvalue weighted by atomic mass is 16.5. The number of carbonyl (C=O) groups is 2. The lowest BCUT2D eigenvalue weighted by Crippen LogP contribution is -2.48. The highest BCUT2D eigenvalue weighted by Gasteiger charge is 2.61. The zero-order valence-electron chi connectivity index (χ0n) is 15.0. The van der Waals surface area contributed by atoms with E-state index in [0.29, 0.717) is 17.2 Å². The Morgan fingerprint density at radius 3 is 2.38 bits per heavy atom. The van der Waals surface area contributed by atoms with Crippen LogP contribution >= 0.6 is 0 Å². The van der Waals surface area contributed by atoms with Crippen molar-refractivity contribution in [3.63, 3.8) is 0 Å². The number of rotatable bonds is 5. The summed E-state index contributed by atoms with van der Waals surface area (Å²) >= 11 is 0. The summed E-state index contributed by atoms with van der Waals surface area (Å²) in [7, 11) is 0. The normalized spacial score (nSPS) is 30.2. The molecule has 2 aliphatic carbocycles. The van der Waals surface area contributed by atoms with Gasteiger partial charge in [-0.2, -0.15) is 0 Å². The van der Waals surface area contributed by atoms with Crippen LogP contribution in [0.1, 0.15) is 57.3 Å². The average Bonchev–Trinajstić information content (AvgIpc) is 2.86. The zero-order chi connectivity index (χ0) is 17.5. The Morgan fingerprint density at radius 2 is 1.88 bits per heavy atom. The van der Waals surface area contributed by atoms with Gasteiger partial charge in [0.1, 0.15) is 5.75 Å². The Balaban J connectivity index is 1.54. The van der Waals surface area contributed by atoms with E-state index < -0.39 is 0 Å². The van der Waals surface area contributed by atoms with Gasteiger partial charge in [0.2, 0.25) is 0 Å². The Kier molecular flexibility index (Phi) is 4.18. The molecule has 4 nitrogen and oxygen atoms in total. The van der Waals surface area contributed by atoms with Crippen molar-refractivity contribution in [3.8, 4) is 5.75 Å². The van der Waals surface area contributed by atoms with Crippen molar-refractivity contribution in [1.82, 2.24) is 5.32 Å². The maximum absolute atomic E-state index is 12.3. The van der Waals surface area contributed by atoms with Crippen LogP contribution in [0.2, 0.25) is 0 Å². The van der Waals surface area contributed by atoms with Crippen LogP contribution in [0.5, 0.6) is 5.75 Å². The van der Waals surface area contributed by atoms with E-state index in [9.17, 15) is 9.59 Å². The smallest absolute Gasteiger partial charge is 0.258 e. The summed E-state index contributed by atoms with van der Waals surface area (Å²) in [5.74, 6) is 1.26. The van der Waals surface area contributed by atoms with Gasteiger partial charge in [0.15, 0.2) is 12.4 Å². The Hall–Kier alpha value is -1.84. The predicted octanol–water partition coefficient (Wildman–Crippen LogP) is 3.60. The standard InChI is InChI=1S/C20H27NO3/c1-13(22)14-5-7-16(8-6-14)24-12-18(23)21-17-11-15-9-10-20(17,4)19(15,2)3/h5-8,15,17H,9-12H2,1-4H3,(H,21,23). The number of hydrogen-bond donors (Lipinski definition) is 1. The number of benzene rings is 1. The molecule has 2 fully saturated rings. The number of amides is 1. The largest absolute Gasteiger partial charge is 0.484 e. The third-order valence-corrected chi connectivity index (χ3v) is 6.76. The molecule has 24 heavy (non-hydrogen) atoms. The fraction of sp³-hybridized carbons (Fsp3) is 0.600. The van der Waals surface area contributed by atoms with Gasteiger partial charge in [0.25, 0.3) is 5.91 Å². The molecule has 0 aromatic heterocycles. The molecule has 2 aliphatic rings. The fourth-order valence-corrected chi connectivity index (χ4v) is 4.59. The number of ketones is 1. The molecule has 4 heteroatoms. The summed E-state index contributed by atoms with van der Waals surface area (Å²) in [4.78, 5) is 23.5. The molecule has 0 heterocycles. The van der Waals surface area contributed by atoms with Crippen molar-refractivity contribution < 1.29 is 14.3 Å². The van der Waals surface area contributed by atoms with E-state index in [1.807, 2.05) is 0 Å². The molecular weight excluding hydrogens is 302 g/mol. The molecule has 1 aromatic rings. The molecular formula is C20H27NO3. The number of fused-ring (bicyclic) bond motifs is 2. The molecule has 1 amide bonds. The summed E-state index contributed by atoms with van der Waals surface area (Å²) in [6.45, 7) is 8.53. The molecule has 0 saturated heterocycles. The van der Waals surface area contributed by atoms with Crippen LogP contribution < -0.4 is 10.1 Å². The van der Waals surface area contributed by atoms with Gasteiger partial charge in [-0.1, -0.05) is 20.8 Å². The topological polar surface area (TPSA) is 55.4 Å². The maximum atomic E-state index is 12.3. The van der Waals surface area contributed by atoms with E-state index in [1.165, 1.54) is 19.8 Å². The molecule has 1 aromatic carbocycles. The molecule has 2 bridgehead atoms. The second-order valence-corrected chi connectivity index (χ2v) is 8.10. The monoisotopic (exact) mass is 329 g/mol. The van der Waals surface area contributed by atoms with E-state index in [2.05, 4.69) is 26.1 Å². The first kappa shape index (κ1) is 17.0. The summed E-state index contributed by atoms with van der Waals surface area (Å²) < 4.78 is 5.55. The minimum Gasteiger partial charge on any atom is -0.484 e. The lowest BCUT2D eigenvalue weighted by Gasteiger charge is -2.39. The van der Waals surface area contributed by atoms with Gasteiger partial charge < -0.3 is 10.1 Å². The van der Waals surface area contributed by atoms with Gasteiger partial charge in [-0.05, 0) is 67.2 Å². The molecule has 1 N–H and O–H groups in total. The van der Waals surface area contributed by atoms with E-state index in [4.69, 9.17) is 4.74 Å². The maximum Gasteiger partial charge on any atom is 0.258 e. The predicted molar refractivity (Wildman–Crippen MR) is 93.1 cm³/mol. The first-order valence-electron chi connectivity index (χ1n) is 8.77. The Labute approximate surface area is 144 Å². The van der Waals surface area contributed by atoms with Crippen LogP contribution in [0.3, 0.4) is 0 Å². The molecule has 0 radical (unpaired) electrons. The Morgan fingerprint density at radius 1 is 1.21 bits per heavy atom. The van der Waals surface area contributed by atoms with Gasteiger partial charge >= 0.3 is 0 Å². The average molecular weight is 329 g/mol. The van der Waals surface area contributed by atoms with E-state index in [1.54, 1.807) is 24.3 Å². The molecule has 0 spiro atoms. The van der Waals surface area contributed by atoms with E-state index in [0.717, 1.165) is 6.42 Å². The third-order valence-electron chi connectivity index (χ3n) is 6.76. The molecule has 3 rings (SSSR count). The number of ether oxygens (including phenoxy) is 1. The molecule has 0 aliphatic heterocycles. The van der Waals surface area contributed by atoms with Crippen molar-refractivity contribution >= 4 is 11.7 Å². The SMILES string of the molecule is CC(=O)c1ccc(OCC(=O)NC2CC3CCC2(C)C3(C)C)cc1. The minimum absolute atomic E-state index is 0.0110. The quantitative estimate of drug-likeness (QED) is 0.840. The van der Waals surface area contributed by atoms with Crippen molar-refractivity contribution in [3.05, 3.63) is 29.8 Å². The van der Waals surface area contributed by atoms with Crippen LogP contribution in [0.4, 0.5) is 0 Å². The fourth-order valence-electron chi connectivity index (χ4n) is 4.59. The van der Waals surface area contributed by atoms with Crippen molar-refractivity contribution in [2.24, 2.45) is 16.7 Å². The van der Waals surface area contributed by atoms with E-state index in [-0.39, 0.29) is 35.2 Å². The summed E-state index contributed by atoms with van der Waals surface area (Å²) in [6.07, 6.45) is 3.53.